The van der Waals surface area contributed by atoms with Gasteiger partial charge in [-0.1, -0.05) is 6.07 Å². The number of piperidine rings is 1. The standard InChI is InChI=1S/C23H25N3O4S/c1-31(27,28)26-8-5-19(6-9-26)25-21-13-18(12-17-4-7-24-15-20(17)21)16-2-3-22-23(14-16)30-11-10-29-22/h2-4,7,12-15,19,25H,5-6,8-11H2,1H3. The van der Waals surface area contributed by atoms with Gasteiger partial charge in [-0.05, 0) is 59.7 Å². The Bertz CT molecular complexity index is 1220. The summed E-state index contributed by atoms with van der Waals surface area (Å²) in [4.78, 5) is 4.31. The first-order chi connectivity index (χ1) is 15.0. The SMILES string of the molecule is CS(=O)(=O)N1CCC(Nc2cc(-c3ccc4c(c3)OCCO4)cc3ccncc23)CC1. The van der Waals surface area contributed by atoms with Crippen LogP contribution in [0.1, 0.15) is 12.8 Å². The molecule has 0 aliphatic carbocycles. The molecule has 5 rings (SSSR count). The van der Waals surface area contributed by atoms with Crippen LogP contribution in [0.25, 0.3) is 21.9 Å². The van der Waals surface area contributed by atoms with Crippen LogP contribution in [0, 0.1) is 0 Å². The van der Waals surface area contributed by atoms with Crippen LogP contribution in [-0.2, 0) is 10.0 Å². The number of fused-ring (bicyclic) bond motifs is 2. The van der Waals surface area contributed by atoms with E-state index >= 15 is 0 Å². The minimum absolute atomic E-state index is 0.205. The van der Waals surface area contributed by atoms with E-state index < -0.39 is 10.0 Å². The van der Waals surface area contributed by atoms with Crippen LogP contribution >= 0.6 is 0 Å². The molecule has 7 nitrogen and oxygen atoms in total. The summed E-state index contributed by atoms with van der Waals surface area (Å²) in [6.45, 7) is 2.20. The maximum Gasteiger partial charge on any atom is 0.211 e. The molecule has 31 heavy (non-hydrogen) atoms. The summed E-state index contributed by atoms with van der Waals surface area (Å²) in [5.74, 6) is 1.54. The number of rotatable bonds is 4. The first-order valence-corrected chi connectivity index (χ1v) is 12.3. The van der Waals surface area contributed by atoms with E-state index in [-0.39, 0.29) is 6.04 Å². The zero-order valence-corrected chi connectivity index (χ0v) is 18.2. The number of sulfonamides is 1. The van der Waals surface area contributed by atoms with Gasteiger partial charge in [0.15, 0.2) is 11.5 Å². The average Bonchev–Trinajstić information content (AvgIpc) is 2.78. The predicted molar refractivity (Wildman–Crippen MR) is 121 cm³/mol. The third-order valence-corrected chi connectivity index (χ3v) is 7.22. The van der Waals surface area contributed by atoms with Crippen LogP contribution in [0.4, 0.5) is 5.69 Å². The second-order valence-corrected chi connectivity index (χ2v) is 10.0. The lowest BCUT2D eigenvalue weighted by Gasteiger charge is -2.31. The topological polar surface area (TPSA) is 80.8 Å². The molecule has 0 saturated carbocycles. The van der Waals surface area contributed by atoms with Crippen molar-refractivity contribution in [2.45, 2.75) is 18.9 Å². The normalized spacial score (nSPS) is 17.6. The molecule has 2 aliphatic heterocycles. The van der Waals surface area contributed by atoms with Crippen LogP contribution in [-0.4, -0.2) is 56.3 Å². The van der Waals surface area contributed by atoms with E-state index in [1.165, 1.54) is 6.26 Å². The molecule has 0 unspecified atom stereocenters. The van der Waals surface area contributed by atoms with Gasteiger partial charge in [-0.2, -0.15) is 0 Å². The molecular weight excluding hydrogens is 414 g/mol. The van der Waals surface area contributed by atoms with Gasteiger partial charge in [-0.15, -0.1) is 0 Å². The second-order valence-electron chi connectivity index (χ2n) is 8.06. The third kappa shape index (κ3) is 4.18. The molecule has 2 aromatic carbocycles. The summed E-state index contributed by atoms with van der Waals surface area (Å²) in [5.41, 5.74) is 3.14. The number of nitrogens with zero attached hydrogens (tertiary/aromatic N) is 2. The van der Waals surface area contributed by atoms with Crippen molar-refractivity contribution in [1.29, 1.82) is 0 Å². The maximum absolute atomic E-state index is 11.8. The Hall–Kier alpha value is -2.84. The van der Waals surface area contributed by atoms with E-state index in [1.54, 1.807) is 10.5 Å². The summed E-state index contributed by atoms with van der Waals surface area (Å²) in [6, 6.07) is 12.5. The summed E-state index contributed by atoms with van der Waals surface area (Å²) in [5, 5.41) is 5.80. The number of hydrogen-bond donors (Lipinski definition) is 1. The zero-order chi connectivity index (χ0) is 21.4. The maximum atomic E-state index is 11.8. The number of hydrogen-bond acceptors (Lipinski definition) is 6. The monoisotopic (exact) mass is 439 g/mol. The molecule has 1 aromatic heterocycles. The summed E-state index contributed by atoms with van der Waals surface area (Å²) < 4.78 is 36.6. The quantitative estimate of drug-likeness (QED) is 0.670. The third-order valence-electron chi connectivity index (χ3n) is 5.91. The fraction of sp³-hybridized carbons (Fsp3) is 0.348. The number of anilines is 1. The number of pyridine rings is 1. The highest BCUT2D eigenvalue weighted by Crippen LogP contribution is 2.37. The Balaban J connectivity index is 1.46. The molecule has 3 heterocycles. The minimum Gasteiger partial charge on any atom is -0.486 e. The number of aromatic nitrogens is 1. The van der Waals surface area contributed by atoms with Crippen molar-refractivity contribution in [3.63, 3.8) is 0 Å². The smallest absolute Gasteiger partial charge is 0.211 e. The lowest BCUT2D eigenvalue weighted by Crippen LogP contribution is -2.41. The number of nitrogens with one attached hydrogen (secondary N) is 1. The molecule has 1 N–H and O–H groups in total. The Kier molecular flexibility index (Phi) is 5.19. The van der Waals surface area contributed by atoms with Gasteiger partial charge in [0.1, 0.15) is 13.2 Å². The summed E-state index contributed by atoms with van der Waals surface area (Å²) in [7, 11) is -3.13. The molecule has 0 amide bonds. The van der Waals surface area contributed by atoms with Crippen LogP contribution in [0.5, 0.6) is 11.5 Å². The number of ether oxygens (including phenoxy) is 2. The average molecular weight is 440 g/mol. The molecule has 0 atom stereocenters. The van der Waals surface area contributed by atoms with Gasteiger partial charge in [0.05, 0.1) is 6.26 Å². The van der Waals surface area contributed by atoms with Crippen molar-refractivity contribution >= 4 is 26.5 Å². The van der Waals surface area contributed by atoms with Crippen LogP contribution < -0.4 is 14.8 Å². The molecule has 162 valence electrons. The Morgan fingerprint density at radius 2 is 1.77 bits per heavy atom. The summed E-state index contributed by atoms with van der Waals surface area (Å²) >= 11 is 0. The number of benzene rings is 2. The Morgan fingerprint density at radius 1 is 1.00 bits per heavy atom. The van der Waals surface area contributed by atoms with Gasteiger partial charge < -0.3 is 14.8 Å². The molecule has 1 saturated heterocycles. The van der Waals surface area contributed by atoms with E-state index in [1.807, 2.05) is 30.5 Å². The second kappa shape index (κ2) is 8.01. The van der Waals surface area contributed by atoms with Gasteiger partial charge in [-0.25, -0.2) is 12.7 Å². The van der Waals surface area contributed by atoms with Gasteiger partial charge in [0, 0.05) is 42.6 Å². The van der Waals surface area contributed by atoms with Crippen molar-refractivity contribution in [1.82, 2.24) is 9.29 Å². The van der Waals surface area contributed by atoms with Crippen LogP contribution in [0.3, 0.4) is 0 Å². The van der Waals surface area contributed by atoms with E-state index in [0.717, 1.165) is 51.9 Å². The Morgan fingerprint density at radius 3 is 2.55 bits per heavy atom. The van der Waals surface area contributed by atoms with Crippen molar-refractivity contribution in [3.05, 3.63) is 48.8 Å². The minimum atomic E-state index is -3.13. The first-order valence-electron chi connectivity index (χ1n) is 10.5. The van der Waals surface area contributed by atoms with Crippen LogP contribution in [0.15, 0.2) is 48.8 Å². The largest absolute Gasteiger partial charge is 0.486 e. The first kappa shape index (κ1) is 20.1. The highest BCUT2D eigenvalue weighted by atomic mass is 32.2. The molecular formula is C23H25N3O4S. The van der Waals surface area contributed by atoms with Crippen molar-refractivity contribution in [2.24, 2.45) is 0 Å². The molecule has 8 heteroatoms. The van der Waals surface area contributed by atoms with Crippen LogP contribution in [0.2, 0.25) is 0 Å². The lowest BCUT2D eigenvalue weighted by molar-refractivity contribution is 0.171. The highest BCUT2D eigenvalue weighted by Gasteiger charge is 2.25. The predicted octanol–water partition coefficient (Wildman–Crippen LogP) is 3.51. The molecule has 0 spiro atoms. The van der Waals surface area contributed by atoms with E-state index in [9.17, 15) is 8.42 Å². The molecule has 1 fully saturated rings. The molecule has 3 aromatic rings. The van der Waals surface area contributed by atoms with E-state index in [2.05, 4.69) is 22.4 Å². The van der Waals surface area contributed by atoms with Crippen molar-refractivity contribution < 1.29 is 17.9 Å². The van der Waals surface area contributed by atoms with Crippen molar-refractivity contribution in [2.75, 3.05) is 37.9 Å². The van der Waals surface area contributed by atoms with Gasteiger partial charge in [0.25, 0.3) is 0 Å². The zero-order valence-electron chi connectivity index (χ0n) is 17.4. The highest BCUT2D eigenvalue weighted by molar-refractivity contribution is 7.88. The molecule has 2 aliphatic rings. The van der Waals surface area contributed by atoms with E-state index in [4.69, 9.17) is 9.47 Å². The molecule has 0 radical (unpaired) electrons. The fourth-order valence-corrected chi connectivity index (χ4v) is 5.13. The van der Waals surface area contributed by atoms with E-state index in [0.29, 0.717) is 26.3 Å². The van der Waals surface area contributed by atoms with Gasteiger partial charge >= 0.3 is 0 Å². The summed E-state index contributed by atoms with van der Waals surface area (Å²) in [6.07, 6.45) is 6.48. The van der Waals surface area contributed by atoms with Gasteiger partial charge in [0.2, 0.25) is 10.0 Å². The lowest BCUT2D eigenvalue weighted by atomic mass is 9.99. The fourth-order valence-electron chi connectivity index (χ4n) is 4.26. The Labute approximate surface area is 182 Å². The molecule has 0 bridgehead atoms. The van der Waals surface area contributed by atoms with Crippen molar-refractivity contribution in [3.8, 4) is 22.6 Å². The van der Waals surface area contributed by atoms with Gasteiger partial charge in [-0.3, -0.25) is 4.98 Å².